The van der Waals surface area contributed by atoms with Crippen LogP contribution in [0.25, 0.3) is 10.9 Å². The molecule has 0 amide bonds. The molecule has 6 nitrogen and oxygen atoms in total. The highest BCUT2D eigenvalue weighted by atomic mass is 16.5. The Balaban J connectivity index is 1.86. The van der Waals surface area contributed by atoms with Crippen molar-refractivity contribution in [3.63, 3.8) is 0 Å². The molecule has 1 aromatic carbocycles. The lowest BCUT2D eigenvalue weighted by atomic mass is 10.1. The van der Waals surface area contributed by atoms with Gasteiger partial charge in [0.2, 0.25) is 5.88 Å². The quantitative estimate of drug-likeness (QED) is 0.650. The van der Waals surface area contributed by atoms with E-state index in [0.717, 1.165) is 16.6 Å². The van der Waals surface area contributed by atoms with Crippen LogP contribution in [0.1, 0.15) is 11.1 Å². The number of ether oxygens (including phenoxy) is 2. The molecule has 0 N–H and O–H groups in total. The highest BCUT2D eigenvalue weighted by molar-refractivity contribution is 5.80. The standard InChI is InChI=1S/C18H19N3O3/c1-13-4-3-5-15-17(13)20-12-21(18(15)22)11-14-6-7-19-16(10-14)24-9-8-23-2/h3-7,10,12H,8-9,11H2,1-2H3. The second-order valence-electron chi connectivity index (χ2n) is 5.49. The highest BCUT2D eigenvalue weighted by Crippen LogP contribution is 2.13. The maximum absolute atomic E-state index is 12.6. The number of para-hydroxylation sites is 1. The van der Waals surface area contributed by atoms with Crippen LogP contribution in [-0.2, 0) is 11.3 Å². The lowest BCUT2D eigenvalue weighted by molar-refractivity contribution is 0.143. The topological polar surface area (TPSA) is 66.2 Å². The van der Waals surface area contributed by atoms with Gasteiger partial charge in [0.05, 0.1) is 30.4 Å². The van der Waals surface area contributed by atoms with Crippen LogP contribution >= 0.6 is 0 Å². The maximum atomic E-state index is 12.6. The number of methoxy groups -OCH3 is 1. The third kappa shape index (κ3) is 3.44. The number of hydrogen-bond acceptors (Lipinski definition) is 5. The van der Waals surface area contributed by atoms with Gasteiger partial charge >= 0.3 is 0 Å². The first-order valence-electron chi connectivity index (χ1n) is 7.70. The summed E-state index contributed by atoms with van der Waals surface area (Å²) in [6.45, 7) is 3.30. The van der Waals surface area contributed by atoms with Gasteiger partial charge < -0.3 is 9.47 Å². The van der Waals surface area contributed by atoms with E-state index in [1.807, 2.05) is 31.2 Å². The molecule has 0 atom stereocenters. The van der Waals surface area contributed by atoms with Crippen LogP contribution in [0, 0.1) is 6.92 Å². The smallest absolute Gasteiger partial charge is 0.261 e. The fraction of sp³-hybridized carbons (Fsp3) is 0.278. The van der Waals surface area contributed by atoms with Crippen LogP contribution in [0.5, 0.6) is 5.88 Å². The number of benzene rings is 1. The third-order valence-electron chi connectivity index (χ3n) is 3.74. The van der Waals surface area contributed by atoms with Crippen molar-refractivity contribution < 1.29 is 9.47 Å². The van der Waals surface area contributed by atoms with E-state index >= 15 is 0 Å². The van der Waals surface area contributed by atoms with Gasteiger partial charge in [0.1, 0.15) is 6.61 Å². The molecule has 2 heterocycles. The first-order valence-corrected chi connectivity index (χ1v) is 7.70. The summed E-state index contributed by atoms with van der Waals surface area (Å²) in [5.74, 6) is 0.516. The zero-order valence-corrected chi connectivity index (χ0v) is 13.7. The van der Waals surface area contributed by atoms with Gasteiger partial charge in [-0.2, -0.15) is 0 Å². The maximum Gasteiger partial charge on any atom is 0.261 e. The van der Waals surface area contributed by atoms with E-state index in [9.17, 15) is 4.79 Å². The number of hydrogen-bond donors (Lipinski definition) is 0. The van der Waals surface area contributed by atoms with Gasteiger partial charge in [-0.05, 0) is 30.2 Å². The lowest BCUT2D eigenvalue weighted by Gasteiger charge is -2.09. The normalized spacial score (nSPS) is 10.9. The van der Waals surface area contributed by atoms with Crippen LogP contribution in [-0.4, -0.2) is 34.9 Å². The number of aromatic nitrogens is 3. The molecule has 0 aliphatic carbocycles. The highest BCUT2D eigenvalue weighted by Gasteiger charge is 2.07. The Hall–Kier alpha value is -2.73. The number of fused-ring (bicyclic) bond motifs is 1. The van der Waals surface area contributed by atoms with Gasteiger partial charge in [0.15, 0.2) is 0 Å². The van der Waals surface area contributed by atoms with Crippen molar-refractivity contribution in [2.75, 3.05) is 20.3 Å². The fourth-order valence-corrected chi connectivity index (χ4v) is 2.50. The Kier molecular flexibility index (Phi) is 4.86. The summed E-state index contributed by atoms with van der Waals surface area (Å²) in [5.41, 5.74) is 2.61. The molecule has 0 unspecified atom stereocenters. The van der Waals surface area contributed by atoms with Gasteiger partial charge in [-0.3, -0.25) is 9.36 Å². The Morgan fingerprint density at radius 3 is 2.88 bits per heavy atom. The molecule has 0 aliphatic heterocycles. The van der Waals surface area contributed by atoms with Crippen LogP contribution in [0.4, 0.5) is 0 Å². The van der Waals surface area contributed by atoms with Crippen molar-refractivity contribution in [2.45, 2.75) is 13.5 Å². The van der Waals surface area contributed by atoms with Gasteiger partial charge in [-0.25, -0.2) is 9.97 Å². The Bertz CT molecular complexity index is 905. The van der Waals surface area contributed by atoms with E-state index in [0.29, 0.717) is 31.0 Å². The number of rotatable bonds is 6. The molecule has 0 bridgehead atoms. The number of aryl methyl sites for hydroxylation is 1. The minimum Gasteiger partial charge on any atom is -0.475 e. The summed E-state index contributed by atoms with van der Waals surface area (Å²) in [5, 5.41) is 0.628. The third-order valence-corrected chi connectivity index (χ3v) is 3.74. The molecule has 6 heteroatoms. The van der Waals surface area contributed by atoms with Crippen molar-refractivity contribution >= 4 is 10.9 Å². The summed E-state index contributed by atoms with van der Waals surface area (Å²) >= 11 is 0. The molecule has 24 heavy (non-hydrogen) atoms. The predicted octanol–water partition coefficient (Wildman–Crippen LogP) is 2.17. The summed E-state index contributed by atoms with van der Waals surface area (Å²) in [6.07, 6.45) is 3.25. The van der Waals surface area contributed by atoms with Gasteiger partial charge in [0, 0.05) is 19.4 Å². The zero-order valence-electron chi connectivity index (χ0n) is 13.7. The van der Waals surface area contributed by atoms with Crippen molar-refractivity contribution in [2.24, 2.45) is 0 Å². The van der Waals surface area contributed by atoms with E-state index in [1.165, 1.54) is 0 Å². The van der Waals surface area contributed by atoms with Crippen molar-refractivity contribution in [3.8, 4) is 5.88 Å². The minimum absolute atomic E-state index is 0.0534. The largest absolute Gasteiger partial charge is 0.475 e. The Morgan fingerprint density at radius 1 is 1.17 bits per heavy atom. The molecule has 0 radical (unpaired) electrons. The van der Waals surface area contributed by atoms with Crippen molar-refractivity contribution in [3.05, 3.63) is 64.3 Å². The lowest BCUT2D eigenvalue weighted by Crippen LogP contribution is -2.21. The number of nitrogens with zero attached hydrogens (tertiary/aromatic N) is 3. The molecule has 0 fully saturated rings. The van der Waals surface area contributed by atoms with E-state index in [2.05, 4.69) is 9.97 Å². The Morgan fingerprint density at radius 2 is 2.04 bits per heavy atom. The van der Waals surface area contributed by atoms with Crippen LogP contribution < -0.4 is 10.3 Å². The van der Waals surface area contributed by atoms with E-state index in [1.54, 1.807) is 30.3 Å². The first kappa shape index (κ1) is 16.1. The predicted molar refractivity (Wildman–Crippen MR) is 91.5 cm³/mol. The summed E-state index contributed by atoms with van der Waals surface area (Å²) in [6, 6.07) is 9.31. The molecular formula is C18H19N3O3. The fourth-order valence-electron chi connectivity index (χ4n) is 2.50. The molecule has 2 aromatic heterocycles. The van der Waals surface area contributed by atoms with Crippen LogP contribution in [0.15, 0.2) is 47.7 Å². The van der Waals surface area contributed by atoms with Gasteiger partial charge in [-0.15, -0.1) is 0 Å². The molecule has 3 rings (SSSR count). The van der Waals surface area contributed by atoms with E-state index < -0.39 is 0 Å². The van der Waals surface area contributed by atoms with Gasteiger partial charge in [0.25, 0.3) is 5.56 Å². The molecule has 0 spiro atoms. The van der Waals surface area contributed by atoms with Crippen LogP contribution in [0.2, 0.25) is 0 Å². The van der Waals surface area contributed by atoms with E-state index in [4.69, 9.17) is 9.47 Å². The molecule has 124 valence electrons. The molecule has 0 saturated carbocycles. The minimum atomic E-state index is -0.0534. The van der Waals surface area contributed by atoms with Crippen LogP contribution in [0.3, 0.4) is 0 Å². The second kappa shape index (κ2) is 7.23. The molecule has 3 aromatic rings. The van der Waals surface area contributed by atoms with Crippen molar-refractivity contribution in [1.82, 2.24) is 14.5 Å². The summed E-state index contributed by atoms with van der Waals surface area (Å²) < 4.78 is 12.0. The average Bonchev–Trinajstić information content (AvgIpc) is 2.59. The summed E-state index contributed by atoms with van der Waals surface area (Å²) in [7, 11) is 1.62. The molecule has 0 aliphatic rings. The van der Waals surface area contributed by atoms with Gasteiger partial charge in [-0.1, -0.05) is 12.1 Å². The summed E-state index contributed by atoms with van der Waals surface area (Å²) in [4.78, 5) is 21.2. The monoisotopic (exact) mass is 325 g/mol. The SMILES string of the molecule is COCCOc1cc(Cn2cnc3c(C)cccc3c2=O)ccn1. The second-order valence-corrected chi connectivity index (χ2v) is 5.49. The number of pyridine rings is 1. The molecule has 0 saturated heterocycles. The molecular weight excluding hydrogens is 306 g/mol. The Labute approximate surface area is 139 Å². The zero-order chi connectivity index (χ0) is 16.9. The van der Waals surface area contributed by atoms with E-state index in [-0.39, 0.29) is 5.56 Å². The van der Waals surface area contributed by atoms with Crippen molar-refractivity contribution in [1.29, 1.82) is 0 Å². The first-order chi connectivity index (χ1) is 11.7. The average molecular weight is 325 g/mol.